The first-order chi connectivity index (χ1) is 16.4. The second-order valence-electron chi connectivity index (χ2n) is 8.37. The van der Waals surface area contributed by atoms with Gasteiger partial charge in [-0.2, -0.15) is 11.3 Å². The maximum absolute atomic E-state index is 13.2. The molecule has 1 atom stereocenters. The predicted octanol–water partition coefficient (Wildman–Crippen LogP) is 2.55. The van der Waals surface area contributed by atoms with Gasteiger partial charge in [-0.05, 0) is 24.3 Å². The van der Waals surface area contributed by atoms with Gasteiger partial charge in [0, 0.05) is 55.2 Å². The van der Waals surface area contributed by atoms with Crippen molar-refractivity contribution in [2.45, 2.75) is 25.3 Å². The van der Waals surface area contributed by atoms with E-state index in [-0.39, 0.29) is 30.2 Å². The van der Waals surface area contributed by atoms with Crippen molar-refractivity contribution in [2.75, 3.05) is 45.9 Å². The number of nitrogens with one attached hydrogen (secondary N) is 1. The van der Waals surface area contributed by atoms with E-state index in [1.165, 1.54) is 32.7 Å². The van der Waals surface area contributed by atoms with Crippen molar-refractivity contribution in [3.05, 3.63) is 34.5 Å². The number of nitrogens with zero attached hydrogens (tertiary/aromatic N) is 2. The zero-order valence-corrected chi connectivity index (χ0v) is 20.4. The summed E-state index contributed by atoms with van der Waals surface area (Å²) in [5.41, 5.74) is 1.27. The summed E-state index contributed by atoms with van der Waals surface area (Å²) in [5.74, 6) is 0.715. The number of hydrogen-bond donors (Lipinski definition) is 1. The van der Waals surface area contributed by atoms with E-state index in [9.17, 15) is 14.4 Å². The number of carbonyl (C=O) groups is 3. The zero-order chi connectivity index (χ0) is 24.2. The number of ether oxygens (including phenoxy) is 3. The molecule has 1 unspecified atom stereocenters. The van der Waals surface area contributed by atoms with Crippen molar-refractivity contribution in [2.24, 2.45) is 5.92 Å². The fourth-order valence-corrected chi connectivity index (χ4v) is 5.15. The molecule has 1 aromatic carbocycles. The Balaban J connectivity index is 1.37. The number of hydrogen-bond acceptors (Lipinski definition) is 7. The van der Waals surface area contributed by atoms with Crippen LogP contribution in [0, 0.1) is 5.92 Å². The monoisotopic (exact) mass is 487 g/mol. The molecule has 3 heterocycles. The van der Waals surface area contributed by atoms with Gasteiger partial charge in [0.25, 0.3) is 5.91 Å². The summed E-state index contributed by atoms with van der Waals surface area (Å²) in [6.45, 7) is 1.41. The molecular weight excluding hydrogens is 458 g/mol. The van der Waals surface area contributed by atoms with Crippen LogP contribution in [0.5, 0.6) is 17.2 Å². The number of anilines is 1. The maximum Gasteiger partial charge on any atom is 0.252 e. The lowest BCUT2D eigenvalue weighted by molar-refractivity contribution is -0.136. The lowest BCUT2D eigenvalue weighted by Crippen LogP contribution is -2.48. The minimum atomic E-state index is -0.413. The SMILES string of the molecule is COc1cc(N2CC(C(=O)N3CCC(NC(=O)c4ccsc4)CC3)CC2=O)cc(OC)c1OC. The summed E-state index contributed by atoms with van der Waals surface area (Å²) in [6.07, 6.45) is 1.54. The van der Waals surface area contributed by atoms with Crippen LogP contribution in [0.3, 0.4) is 0 Å². The molecule has 9 nitrogen and oxygen atoms in total. The molecule has 0 bridgehead atoms. The number of amides is 3. The summed E-state index contributed by atoms with van der Waals surface area (Å²) >= 11 is 1.49. The fourth-order valence-electron chi connectivity index (χ4n) is 4.51. The first-order valence-corrected chi connectivity index (χ1v) is 12.1. The van der Waals surface area contributed by atoms with Crippen LogP contribution in [0.15, 0.2) is 29.0 Å². The van der Waals surface area contributed by atoms with Crippen LogP contribution >= 0.6 is 11.3 Å². The molecule has 2 aromatic rings. The first-order valence-electron chi connectivity index (χ1n) is 11.2. The van der Waals surface area contributed by atoms with Crippen molar-refractivity contribution in [3.8, 4) is 17.2 Å². The van der Waals surface area contributed by atoms with E-state index in [0.29, 0.717) is 61.0 Å². The van der Waals surface area contributed by atoms with E-state index in [1.807, 2.05) is 15.7 Å². The maximum atomic E-state index is 13.2. The molecular formula is C24H29N3O6S. The van der Waals surface area contributed by atoms with Gasteiger partial charge in [-0.15, -0.1) is 0 Å². The fraction of sp³-hybridized carbons (Fsp3) is 0.458. The number of piperidine rings is 1. The average Bonchev–Trinajstić information content (AvgIpc) is 3.53. The number of benzene rings is 1. The van der Waals surface area contributed by atoms with E-state index in [0.717, 1.165) is 0 Å². The van der Waals surface area contributed by atoms with Crippen LogP contribution in [-0.2, 0) is 9.59 Å². The molecule has 1 N–H and O–H groups in total. The van der Waals surface area contributed by atoms with Crippen LogP contribution in [0.25, 0.3) is 0 Å². The summed E-state index contributed by atoms with van der Waals surface area (Å²) in [7, 11) is 4.56. The standard InChI is InChI=1S/C24H29N3O6S/c1-31-19-11-18(12-20(32-2)22(19)33-3)27-13-16(10-21(27)28)24(30)26-7-4-17(5-8-26)25-23(29)15-6-9-34-14-15/h6,9,11-12,14,16-17H,4-5,7-8,10,13H2,1-3H3,(H,25,29). The third kappa shape index (κ3) is 4.82. The van der Waals surface area contributed by atoms with Gasteiger partial charge < -0.3 is 29.3 Å². The number of carbonyl (C=O) groups excluding carboxylic acids is 3. The van der Waals surface area contributed by atoms with Gasteiger partial charge >= 0.3 is 0 Å². The van der Waals surface area contributed by atoms with E-state index in [1.54, 1.807) is 23.1 Å². The molecule has 2 aliphatic rings. The minimum Gasteiger partial charge on any atom is -0.493 e. The highest BCUT2D eigenvalue weighted by molar-refractivity contribution is 7.08. The quantitative estimate of drug-likeness (QED) is 0.645. The Hall–Kier alpha value is -3.27. The van der Waals surface area contributed by atoms with Crippen LogP contribution < -0.4 is 24.4 Å². The van der Waals surface area contributed by atoms with E-state index in [4.69, 9.17) is 14.2 Å². The topological polar surface area (TPSA) is 97.4 Å². The molecule has 3 amide bonds. The first kappa shape index (κ1) is 23.9. The second kappa shape index (κ2) is 10.3. The molecule has 0 saturated carbocycles. The Bertz CT molecular complexity index is 1020. The number of likely N-dealkylation sites (tertiary alicyclic amines) is 1. The summed E-state index contributed by atoms with van der Waals surface area (Å²) < 4.78 is 16.1. The van der Waals surface area contributed by atoms with Crippen LogP contribution in [0.2, 0.25) is 0 Å². The third-order valence-electron chi connectivity index (χ3n) is 6.36. The second-order valence-corrected chi connectivity index (χ2v) is 9.15. The van der Waals surface area contributed by atoms with Crippen molar-refractivity contribution < 1.29 is 28.6 Å². The highest BCUT2D eigenvalue weighted by atomic mass is 32.1. The van der Waals surface area contributed by atoms with Gasteiger partial charge in [-0.25, -0.2) is 0 Å². The van der Waals surface area contributed by atoms with Crippen molar-refractivity contribution in [1.82, 2.24) is 10.2 Å². The summed E-state index contributed by atoms with van der Waals surface area (Å²) in [6, 6.07) is 5.27. The van der Waals surface area contributed by atoms with E-state index in [2.05, 4.69) is 5.32 Å². The van der Waals surface area contributed by atoms with Gasteiger partial charge in [-0.1, -0.05) is 0 Å². The normalized spacial score (nSPS) is 18.7. The van der Waals surface area contributed by atoms with Crippen LogP contribution in [0.4, 0.5) is 5.69 Å². The Kier molecular flexibility index (Phi) is 7.26. The lowest BCUT2D eigenvalue weighted by atomic mass is 10.0. The smallest absolute Gasteiger partial charge is 0.252 e. The lowest BCUT2D eigenvalue weighted by Gasteiger charge is -2.33. The highest BCUT2D eigenvalue weighted by Crippen LogP contribution is 2.42. The third-order valence-corrected chi connectivity index (χ3v) is 7.04. The highest BCUT2D eigenvalue weighted by Gasteiger charge is 2.38. The van der Waals surface area contributed by atoms with Crippen molar-refractivity contribution in [3.63, 3.8) is 0 Å². The molecule has 182 valence electrons. The molecule has 0 radical (unpaired) electrons. The van der Waals surface area contributed by atoms with E-state index < -0.39 is 5.92 Å². The zero-order valence-electron chi connectivity index (χ0n) is 19.5. The Morgan fingerprint density at radius 2 is 1.74 bits per heavy atom. The molecule has 0 aliphatic carbocycles. The number of methoxy groups -OCH3 is 3. The van der Waals surface area contributed by atoms with E-state index >= 15 is 0 Å². The average molecular weight is 488 g/mol. The predicted molar refractivity (Wildman–Crippen MR) is 128 cm³/mol. The van der Waals surface area contributed by atoms with Gasteiger partial charge in [0.05, 0.1) is 32.9 Å². The largest absolute Gasteiger partial charge is 0.493 e. The minimum absolute atomic E-state index is 0.0223. The molecule has 0 spiro atoms. The summed E-state index contributed by atoms with van der Waals surface area (Å²) in [5, 5.41) is 6.75. The molecule has 34 heavy (non-hydrogen) atoms. The van der Waals surface area contributed by atoms with Crippen molar-refractivity contribution in [1.29, 1.82) is 0 Å². The van der Waals surface area contributed by atoms with Crippen LogP contribution in [0.1, 0.15) is 29.6 Å². The van der Waals surface area contributed by atoms with Crippen molar-refractivity contribution >= 4 is 34.7 Å². The Morgan fingerprint density at radius 1 is 1.06 bits per heavy atom. The molecule has 1 aromatic heterocycles. The number of rotatable bonds is 7. The van der Waals surface area contributed by atoms with Gasteiger partial charge in [0.2, 0.25) is 17.6 Å². The Labute approximate surface area is 202 Å². The summed E-state index contributed by atoms with van der Waals surface area (Å²) in [4.78, 5) is 41.7. The molecule has 2 aliphatic heterocycles. The molecule has 4 rings (SSSR count). The van der Waals surface area contributed by atoms with Gasteiger partial charge in [0.1, 0.15) is 0 Å². The van der Waals surface area contributed by atoms with Gasteiger partial charge in [0.15, 0.2) is 11.5 Å². The van der Waals surface area contributed by atoms with Gasteiger partial charge in [-0.3, -0.25) is 14.4 Å². The Morgan fingerprint density at radius 3 is 2.29 bits per heavy atom. The van der Waals surface area contributed by atoms with Crippen LogP contribution in [-0.4, -0.2) is 69.6 Å². The number of thiophene rings is 1. The molecule has 2 fully saturated rings. The molecule has 2 saturated heterocycles. The molecule has 10 heteroatoms.